The number of hydrogen-bond donors (Lipinski definition) is 0. The molecule has 63 heavy (non-hydrogen) atoms. The van der Waals surface area contributed by atoms with Gasteiger partial charge < -0.3 is 19.7 Å². The van der Waals surface area contributed by atoms with E-state index in [1.807, 2.05) is 39.8 Å². The van der Waals surface area contributed by atoms with Gasteiger partial charge in [-0.15, -0.1) is 0 Å². The zero-order chi connectivity index (χ0) is 48.0. The van der Waals surface area contributed by atoms with E-state index in [-0.39, 0.29) is 52.6 Å². The molecule has 0 saturated carbocycles. The molecule has 7 heteroatoms. The first-order chi connectivity index (χ1) is 28.4. The standard InChI is InChI=1S/2C24H33NO.2C4H10O.Zn/c2*1-15-10-16(2)21(17(3)11-15)25-14-18-12-19(23(4,5)6)13-20(22(18)26)24(7,8)9;2*1-3-5-4-2;/h2*10-14,26H,1-9H3;2*3-4H2,1-2H3;/q;;;;+2/p-2. The molecule has 0 aliphatic carbocycles. The monoisotopic (exact) mass is 913 g/mol. The average molecular weight is 915 g/mol. The van der Waals surface area contributed by atoms with Gasteiger partial charge in [0.15, 0.2) is 0 Å². The molecule has 0 aliphatic heterocycles. The molecule has 4 rings (SSSR count). The van der Waals surface area contributed by atoms with E-state index in [1.54, 1.807) is 12.4 Å². The van der Waals surface area contributed by atoms with Gasteiger partial charge in [-0.25, -0.2) is 0 Å². The SMILES string of the molecule is CCOCC.CCOCC.Cc1cc(C)c(N=Cc2cc(C(C)(C)C)cc(C(C)(C)C)c2[O-])c(C)c1.Cc1cc(C)c(N=Cc2cc(C(C)(C)C)cc(C(C)(C)C)c2[O-])c(C)c1.[Zn+2]. The maximum Gasteiger partial charge on any atom is 2.00 e. The van der Waals surface area contributed by atoms with Crippen LogP contribution in [0.3, 0.4) is 0 Å². The molecular formula is C56H84N2O4Zn. The molecule has 0 amide bonds. The summed E-state index contributed by atoms with van der Waals surface area (Å²) in [7, 11) is 0. The Kier molecular flexibility index (Phi) is 24.3. The molecule has 0 bridgehead atoms. The van der Waals surface area contributed by atoms with E-state index in [2.05, 4.69) is 161 Å². The predicted octanol–water partition coefficient (Wildman–Crippen LogP) is 14.1. The molecule has 0 N–H and O–H groups in total. The van der Waals surface area contributed by atoms with Crippen LogP contribution in [0.15, 0.2) is 58.5 Å². The summed E-state index contributed by atoms with van der Waals surface area (Å²) in [6.07, 6.45) is 3.50. The molecule has 0 aromatic heterocycles. The molecule has 0 saturated heterocycles. The molecule has 0 radical (unpaired) electrons. The summed E-state index contributed by atoms with van der Waals surface area (Å²) >= 11 is 0. The van der Waals surface area contributed by atoms with Crippen molar-refractivity contribution in [2.24, 2.45) is 9.98 Å². The van der Waals surface area contributed by atoms with Crippen molar-refractivity contribution in [3.63, 3.8) is 0 Å². The Labute approximate surface area is 398 Å². The minimum atomic E-state index is -0.198. The fourth-order valence-corrected chi connectivity index (χ4v) is 6.90. The van der Waals surface area contributed by atoms with Crippen molar-refractivity contribution in [2.75, 3.05) is 26.4 Å². The maximum absolute atomic E-state index is 13.0. The molecule has 0 unspecified atom stereocenters. The normalized spacial score (nSPS) is 11.9. The summed E-state index contributed by atoms with van der Waals surface area (Å²) in [6, 6.07) is 16.7. The zero-order valence-electron chi connectivity index (χ0n) is 43.8. The number of nitrogens with zero attached hydrogens (tertiary/aromatic N) is 2. The van der Waals surface area contributed by atoms with Crippen LogP contribution in [-0.2, 0) is 50.6 Å². The van der Waals surface area contributed by atoms with E-state index in [0.29, 0.717) is 11.1 Å². The van der Waals surface area contributed by atoms with Crippen LogP contribution in [0.1, 0.15) is 178 Å². The van der Waals surface area contributed by atoms with Gasteiger partial charge >= 0.3 is 19.5 Å². The van der Waals surface area contributed by atoms with E-state index in [0.717, 1.165) is 71.2 Å². The van der Waals surface area contributed by atoms with E-state index in [9.17, 15) is 10.2 Å². The van der Waals surface area contributed by atoms with Gasteiger partial charge in [0.25, 0.3) is 0 Å². The van der Waals surface area contributed by atoms with Gasteiger partial charge in [0.05, 0.1) is 11.4 Å². The van der Waals surface area contributed by atoms with Gasteiger partial charge in [-0.1, -0.05) is 154 Å². The van der Waals surface area contributed by atoms with Crippen LogP contribution in [0, 0.1) is 41.5 Å². The van der Waals surface area contributed by atoms with Gasteiger partial charge in [0.2, 0.25) is 0 Å². The van der Waals surface area contributed by atoms with Crippen molar-refractivity contribution in [3.05, 3.63) is 115 Å². The van der Waals surface area contributed by atoms with Crippen molar-refractivity contribution in [3.8, 4) is 11.5 Å². The molecule has 4 aromatic carbocycles. The minimum absolute atomic E-state index is 0. The van der Waals surface area contributed by atoms with E-state index in [1.165, 1.54) is 22.3 Å². The van der Waals surface area contributed by atoms with Crippen molar-refractivity contribution in [1.82, 2.24) is 0 Å². The van der Waals surface area contributed by atoms with Gasteiger partial charge in [-0.2, -0.15) is 0 Å². The smallest absolute Gasteiger partial charge is 0.872 e. The van der Waals surface area contributed by atoms with Crippen molar-refractivity contribution >= 4 is 23.8 Å². The summed E-state index contributed by atoms with van der Waals surface area (Å²) in [5.74, 6) is 0.160. The summed E-state index contributed by atoms with van der Waals surface area (Å²) in [6.45, 7) is 49.4. The first kappa shape index (κ1) is 59.4. The molecule has 6 nitrogen and oxygen atoms in total. The summed E-state index contributed by atoms with van der Waals surface area (Å²) in [4.78, 5) is 9.40. The Hall–Kier alpha value is -3.64. The predicted molar refractivity (Wildman–Crippen MR) is 267 cm³/mol. The summed E-state index contributed by atoms with van der Waals surface area (Å²) in [5.41, 5.74) is 13.8. The molecular weight excluding hydrogens is 830 g/mol. The van der Waals surface area contributed by atoms with Crippen LogP contribution < -0.4 is 10.2 Å². The number of hydrogen-bond acceptors (Lipinski definition) is 6. The van der Waals surface area contributed by atoms with Crippen molar-refractivity contribution in [2.45, 2.75) is 174 Å². The number of aliphatic imine (C=N–C) groups is 2. The third kappa shape index (κ3) is 19.2. The van der Waals surface area contributed by atoms with Crippen LogP contribution in [0.25, 0.3) is 0 Å². The Morgan fingerprint density at radius 1 is 0.429 bits per heavy atom. The Morgan fingerprint density at radius 3 is 0.873 bits per heavy atom. The van der Waals surface area contributed by atoms with Crippen LogP contribution in [0.4, 0.5) is 11.4 Å². The molecule has 0 aliphatic rings. The fourth-order valence-electron chi connectivity index (χ4n) is 6.90. The molecule has 0 spiro atoms. The van der Waals surface area contributed by atoms with E-state index < -0.39 is 0 Å². The Balaban J connectivity index is 0.000000990. The second-order valence-electron chi connectivity index (χ2n) is 20.5. The zero-order valence-corrected chi connectivity index (χ0v) is 46.8. The molecule has 4 aromatic rings. The Morgan fingerprint density at radius 2 is 0.683 bits per heavy atom. The topological polar surface area (TPSA) is 89.3 Å². The third-order valence-electron chi connectivity index (χ3n) is 10.3. The quantitative estimate of drug-likeness (QED) is 0.130. The maximum atomic E-state index is 13.0. The third-order valence-corrected chi connectivity index (χ3v) is 10.3. The molecule has 344 valence electrons. The van der Waals surface area contributed by atoms with Crippen LogP contribution in [0.5, 0.6) is 11.5 Å². The van der Waals surface area contributed by atoms with E-state index >= 15 is 0 Å². The van der Waals surface area contributed by atoms with Crippen LogP contribution in [-0.4, -0.2) is 38.9 Å². The Bertz CT molecular complexity index is 1900. The minimum Gasteiger partial charge on any atom is -0.872 e. The fraction of sp³-hybridized carbons (Fsp3) is 0.536. The first-order valence-corrected chi connectivity index (χ1v) is 22.6. The van der Waals surface area contributed by atoms with Crippen molar-refractivity contribution in [1.29, 1.82) is 0 Å². The van der Waals surface area contributed by atoms with Crippen LogP contribution in [0.2, 0.25) is 0 Å². The molecule has 0 heterocycles. The summed E-state index contributed by atoms with van der Waals surface area (Å²) in [5, 5.41) is 26.1. The largest absolute Gasteiger partial charge is 2.00 e. The van der Waals surface area contributed by atoms with Crippen LogP contribution >= 0.6 is 0 Å². The second-order valence-corrected chi connectivity index (χ2v) is 20.5. The van der Waals surface area contributed by atoms with Gasteiger partial charge in [0, 0.05) is 38.9 Å². The molecule has 0 fully saturated rings. The number of ether oxygens (including phenoxy) is 2. The average Bonchev–Trinajstić information content (AvgIpc) is 3.11. The second kappa shape index (κ2) is 25.7. The number of benzene rings is 4. The van der Waals surface area contributed by atoms with E-state index in [4.69, 9.17) is 19.5 Å². The van der Waals surface area contributed by atoms with Crippen molar-refractivity contribution < 1.29 is 39.2 Å². The van der Waals surface area contributed by atoms with Gasteiger partial charge in [-0.05, 0) is 147 Å². The summed E-state index contributed by atoms with van der Waals surface area (Å²) < 4.78 is 9.67. The van der Waals surface area contributed by atoms with Gasteiger partial charge in [-0.3, -0.25) is 9.98 Å². The van der Waals surface area contributed by atoms with Gasteiger partial charge in [0.1, 0.15) is 0 Å². The first-order valence-electron chi connectivity index (χ1n) is 22.6. The number of aryl methyl sites for hydroxylation is 6. The number of rotatable bonds is 8. The molecule has 0 atom stereocenters.